The quantitative estimate of drug-likeness (QED) is 0.808. The maximum Gasteiger partial charge on any atom is 0.328 e. The van der Waals surface area contributed by atoms with Gasteiger partial charge in [0, 0.05) is 23.9 Å². The number of hydrogen-bond donors (Lipinski definition) is 2. The molecule has 1 fully saturated rings. The van der Waals surface area contributed by atoms with E-state index in [0.717, 1.165) is 18.9 Å². The first-order chi connectivity index (χ1) is 9.06. The number of pyridine rings is 1. The minimum absolute atomic E-state index is 0.209. The molecular weight excluding hydrogens is 244 g/mol. The summed E-state index contributed by atoms with van der Waals surface area (Å²) in [5, 5.41) is 11.5. The Labute approximate surface area is 111 Å². The summed E-state index contributed by atoms with van der Waals surface area (Å²) in [4.78, 5) is 26.6. The SMILES string of the molecule is CC1CC(NC(=O)c2ncccc2/C=C/C(=O)O)C1. The van der Waals surface area contributed by atoms with Gasteiger partial charge in [-0.2, -0.15) is 0 Å². The van der Waals surface area contributed by atoms with E-state index in [1.807, 2.05) is 0 Å². The zero-order valence-electron chi connectivity index (χ0n) is 10.7. The van der Waals surface area contributed by atoms with Gasteiger partial charge in [-0.05, 0) is 30.9 Å². The molecule has 0 unspecified atom stereocenters. The van der Waals surface area contributed by atoms with E-state index in [9.17, 15) is 9.59 Å². The van der Waals surface area contributed by atoms with Gasteiger partial charge in [0.05, 0.1) is 0 Å². The Bertz CT molecular complexity index is 519. The summed E-state index contributed by atoms with van der Waals surface area (Å²) in [6.45, 7) is 2.14. The first-order valence-electron chi connectivity index (χ1n) is 6.23. The third kappa shape index (κ3) is 3.40. The van der Waals surface area contributed by atoms with Crippen LogP contribution in [0.4, 0.5) is 0 Å². The molecule has 1 amide bonds. The molecule has 2 rings (SSSR count). The number of nitrogens with one attached hydrogen (secondary N) is 1. The van der Waals surface area contributed by atoms with Crippen molar-refractivity contribution in [3.05, 3.63) is 35.7 Å². The van der Waals surface area contributed by atoms with E-state index in [0.29, 0.717) is 11.5 Å². The molecule has 5 heteroatoms. The number of carboxylic acid groups (broad SMARTS) is 1. The molecule has 19 heavy (non-hydrogen) atoms. The van der Waals surface area contributed by atoms with E-state index in [2.05, 4.69) is 17.2 Å². The molecule has 1 aliphatic rings. The molecule has 0 aliphatic heterocycles. The molecule has 1 aliphatic carbocycles. The Hall–Kier alpha value is -2.17. The smallest absolute Gasteiger partial charge is 0.328 e. The van der Waals surface area contributed by atoms with Crippen molar-refractivity contribution in [2.45, 2.75) is 25.8 Å². The highest BCUT2D eigenvalue weighted by Crippen LogP contribution is 2.26. The van der Waals surface area contributed by atoms with Crippen molar-refractivity contribution < 1.29 is 14.7 Å². The Balaban J connectivity index is 2.10. The van der Waals surface area contributed by atoms with Gasteiger partial charge in [0.15, 0.2) is 0 Å². The lowest BCUT2D eigenvalue weighted by molar-refractivity contribution is -0.131. The van der Waals surface area contributed by atoms with Crippen LogP contribution in [0, 0.1) is 5.92 Å². The molecular formula is C14H16N2O3. The van der Waals surface area contributed by atoms with Crippen molar-refractivity contribution in [1.29, 1.82) is 0 Å². The number of carbonyl (C=O) groups is 2. The van der Waals surface area contributed by atoms with Crippen LogP contribution in [0.2, 0.25) is 0 Å². The van der Waals surface area contributed by atoms with Crippen LogP contribution >= 0.6 is 0 Å². The second-order valence-corrected chi connectivity index (χ2v) is 4.86. The van der Waals surface area contributed by atoms with Crippen molar-refractivity contribution in [1.82, 2.24) is 10.3 Å². The number of hydrogen-bond acceptors (Lipinski definition) is 3. The number of rotatable bonds is 4. The summed E-state index contributed by atoms with van der Waals surface area (Å²) in [5.41, 5.74) is 0.773. The van der Waals surface area contributed by atoms with Gasteiger partial charge in [0.2, 0.25) is 0 Å². The second-order valence-electron chi connectivity index (χ2n) is 4.86. The molecule has 100 valence electrons. The molecule has 0 radical (unpaired) electrons. The highest BCUT2D eigenvalue weighted by Gasteiger charge is 2.27. The highest BCUT2D eigenvalue weighted by atomic mass is 16.4. The van der Waals surface area contributed by atoms with Crippen LogP contribution in [0.25, 0.3) is 6.08 Å². The normalized spacial score (nSPS) is 21.9. The predicted octanol–water partition coefficient (Wildman–Crippen LogP) is 1.71. The largest absolute Gasteiger partial charge is 0.478 e. The van der Waals surface area contributed by atoms with E-state index < -0.39 is 5.97 Å². The molecule has 1 saturated carbocycles. The van der Waals surface area contributed by atoms with E-state index in [4.69, 9.17) is 5.11 Å². The molecule has 1 aromatic heterocycles. The van der Waals surface area contributed by atoms with E-state index in [-0.39, 0.29) is 17.6 Å². The average molecular weight is 260 g/mol. The van der Waals surface area contributed by atoms with Crippen molar-refractivity contribution >= 4 is 18.0 Å². The van der Waals surface area contributed by atoms with E-state index in [1.54, 1.807) is 12.1 Å². The summed E-state index contributed by atoms with van der Waals surface area (Å²) in [6, 6.07) is 3.55. The molecule has 5 nitrogen and oxygen atoms in total. The number of amides is 1. The summed E-state index contributed by atoms with van der Waals surface area (Å²) in [6.07, 6.45) is 5.88. The summed E-state index contributed by atoms with van der Waals surface area (Å²) in [7, 11) is 0. The summed E-state index contributed by atoms with van der Waals surface area (Å²) >= 11 is 0. The van der Waals surface area contributed by atoms with Gasteiger partial charge in [0.25, 0.3) is 5.91 Å². The fourth-order valence-electron chi connectivity index (χ4n) is 2.18. The van der Waals surface area contributed by atoms with Gasteiger partial charge >= 0.3 is 5.97 Å². The number of carboxylic acids is 1. The Morgan fingerprint density at radius 2 is 2.21 bits per heavy atom. The Morgan fingerprint density at radius 1 is 1.47 bits per heavy atom. The molecule has 1 heterocycles. The minimum Gasteiger partial charge on any atom is -0.478 e. The zero-order chi connectivity index (χ0) is 13.8. The second kappa shape index (κ2) is 5.65. The minimum atomic E-state index is -1.05. The van der Waals surface area contributed by atoms with Crippen LogP contribution in [0.1, 0.15) is 35.8 Å². The number of aliphatic carboxylic acids is 1. The van der Waals surface area contributed by atoms with E-state index in [1.165, 1.54) is 12.3 Å². The number of carbonyl (C=O) groups excluding carboxylic acids is 1. The third-order valence-electron chi connectivity index (χ3n) is 3.17. The summed E-state index contributed by atoms with van der Waals surface area (Å²) in [5.74, 6) is -0.647. The number of nitrogens with zero attached hydrogens (tertiary/aromatic N) is 1. The fourth-order valence-corrected chi connectivity index (χ4v) is 2.18. The van der Waals surface area contributed by atoms with Gasteiger partial charge in [-0.1, -0.05) is 13.0 Å². The topological polar surface area (TPSA) is 79.3 Å². The lowest BCUT2D eigenvalue weighted by Crippen LogP contribution is -2.43. The number of aromatic nitrogens is 1. The first-order valence-corrected chi connectivity index (χ1v) is 6.23. The molecule has 1 aromatic rings. The molecule has 0 spiro atoms. The van der Waals surface area contributed by atoms with Crippen LogP contribution < -0.4 is 5.32 Å². The predicted molar refractivity (Wildman–Crippen MR) is 70.6 cm³/mol. The maximum absolute atomic E-state index is 12.1. The molecule has 0 bridgehead atoms. The van der Waals surface area contributed by atoms with Crippen molar-refractivity contribution in [2.75, 3.05) is 0 Å². The highest BCUT2D eigenvalue weighted by molar-refractivity contribution is 5.97. The standard InChI is InChI=1S/C14H16N2O3/c1-9-7-11(8-9)16-14(19)13-10(3-2-6-15-13)4-5-12(17)18/h2-6,9,11H,7-8H2,1H3,(H,16,19)(H,17,18)/b5-4+. The van der Waals surface area contributed by atoms with Crippen LogP contribution in [-0.2, 0) is 4.79 Å². The first kappa shape index (κ1) is 13.3. The molecule has 0 atom stereocenters. The van der Waals surface area contributed by atoms with Crippen LogP contribution in [0.3, 0.4) is 0 Å². The van der Waals surface area contributed by atoms with Crippen LogP contribution in [0.5, 0.6) is 0 Å². The summed E-state index contributed by atoms with van der Waals surface area (Å²) < 4.78 is 0. The van der Waals surface area contributed by atoms with Gasteiger partial charge in [-0.25, -0.2) is 4.79 Å². The van der Waals surface area contributed by atoms with Crippen molar-refractivity contribution in [3.8, 4) is 0 Å². The van der Waals surface area contributed by atoms with Crippen molar-refractivity contribution in [2.24, 2.45) is 5.92 Å². The van der Waals surface area contributed by atoms with Crippen LogP contribution in [0.15, 0.2) is 24.4 Å². The Kier molecular flexibility index (Phi) is 3.94. The van der Waals surface area contributed by atoms with Gasteiger partial charge in [0.1, 0.15) is 5.69 Å². The maximum atomic E-state index is 12.1. The van der Waals surface area contributed by atoms with Crippen molar-refractivity contribution in [3.63, 3.8) is 0 Å². The monoisotopic (exact) mass is 260 g/mol. The zero-order valence-corrected chi connectivity index (χ0v) is 10.7. The molecule has 2 N–H and O–H groups in total. The molecule has 0 saturated heterocycles. The van der Waals surface area contributed by atoms with Crippen LogP contribution in [-0.4, -0.2) is 28.0 Å². The lowest BCUT2D eigenvalue weighted by Gasteiger charge is -2.33. The molecule has 0 aromatic carbocycles. The third-order valence-corrected chi connectivity index (χ3v) is 3.17. The average Bonchev–Trinajstić information content (AvgIpc) is 2.34. The fraction of sp³-hybridized carbons (Fsp3) is 0.357. The van der Waals surface area contributed by atoms with Gasteiger partial charge < -0.3 is 10.4 Å². The van der Waals surface area contributed by atoms with Gasteiger partial charge in [-0.3, -0.25) is 9.78 Å². The Morgan fingerprint density at radius 3 is 2.84 bits per heavy atom. The lowest BCUT2D eigenvalue weighted by atomic mass is 9.82. The van der Waals surface area contributed by atoms with E-state index >= 15 is 0 Å². The van der Waals surface area contributed by atoms with Gasteiger partial charge in [-0.15, -0.1) is 0 Å².